The summed E-state index contributed by atoms with van der Waals surface area (Å²) in [6.45, 7) is 0.652. The zero-order chi connectivity index (χ0) is 13.5. The molecule has 0 saturated carbocycles. The van der Waals surface area contributed by atoms with Crippen LogP contribution >= 0.6 is 11.5 Å². The van der Waals surface area contributed by atoms with Crippen LogP contribution in [-0.2, 0) is 14.6 Å². The van der Waals surface area contributed by atoms with Gasteiger partial charge in [0.2, 0.25) is 5.91 Å². The van der Waals surface area contributed by atoms with Crippen LogP contribution in [0.4, 0.5) is 10.8 Å². The summed E-state index contributed by atoms with van der Waals surface area (Å²) in [6.07, 6.45) is 1.71. The molecule has 1 aliphatic heterocycles. The first-order valence-electron chi connectivity index (χ1n) is 5.27. The van der Waals surface area contributed by atoms with E-state index >= 15 is 0 Å². The summed E-state index contributed by atoms with van der Waals surface area (Å²) in [7, 11) is -1.75. The summed E-state index contributed by atoms with van der Waals surface area (Å²) >= 11 is 0.957. The first-order valence-corrected chi connectivity index (χ1v) is 7.94. The Morgan fingerprint density at radius 1 is 1.56 bits per heavy atom. The summed E-state index contributed by atoms with van der Waals surface area (Å²) < 4.78 is 27.0. The van der Waals surface area contributed by atoms with E-state index in [0.717, 1.165) is 17.8 Å². The third-order valence-electron chi connectivity index (χ3n) is 2.78. The number of nitrogen functional groups attached to an aromatic ring is 1. The fraction of sp³-hybridized carbons (Fsp3) is 0.556. The molecule has 0 bridgehead atoms. The Morgan fingerprint density at radius 2 is 2.22 bits per heavy atom. The lowest BCUT2D eigenvalue weighted by Gasteiger charge is -2.12. The van der Waals surface area contributed by atoms with Gasteiger partial charge in [0.1, 0.15) is 15.9 Å². The quantitative estimate of drug-likeness (QED) is 0.796. The van der Waals surface area contributed by atoms with Crippen LogP contribution in [0.25, 0.3) is 0 Å². The van der Waals surface area contributed by atoms with E-state index in [1.165, 1.54) is 0 Å². The first-order chi connectivity index (χ1) is 8.30. The number of nitrogens with zero attached hydrogens (tertiary/aromatic N) is 2. The SMILES string of the molecule is CN1CCC(Nc2snc(N)c2S(C)(=O)=O)C1=O. The van der Waals surface area contributed by atoms with E-state index in [1.807, 2.05) is 0 Å². The molecule has 1 atom stereocenters. The van der Waals surface area contributed by atoms with Crippen LogP contribution in [0.5, 0.6) is 0 Å². The highest BCUT2D eigenvalue weighted by Gasteiger charge is 2.31. The predicted molar refractivity (Wildman–Crippen MR) is 69.3 cm³/mol. The second-order valence-electron chi connectivity index (χ2n) is 4.24. The van der Waals surface area contributed by atoms with Crippen molar-refractivity contribution < 1.29 is 13.2 Å². The number of anilines is 2. The van der Waals surface area contributed by atoms with Gasteiger partial charge in [-0.1, -0.05) is 0 Å². The number of rotatable bonds is 3. The second-order valence-corrected chi connectivity index (χ2v) is 6.97. The monoisotopic (exact) mass is 290 g/mol. The molecule has 1 saturated heterocycles. The Balaban J connectivity index is 2.29. The average molecular weight is 290 g/mol. The highest BCUT2D eigenvalue weighted by molar-refractivity contribution is 7.91. The van der Waals surface area contributed by atoms with E-state index in [2.05, 4.69) is 9.69 Å². The van der Waals surface area contributed by atoms with Gasteiger partial charge < -0.3 is 16.0 Å². The van der Waals surface area contributed by atoms with Gasteiger partial charge in [-0.2, -0.15) is 4.37 Å². The number of nitrogens with one attached hydrogen (secondary N) is 1. The summed E-state index contributed by atoms with van der Waals surface area (Å²) in [5.41, 5.74) is 5.55. The van der Waals surface area contributed by atoms with Crippen molar-refractivity contribution in [2.75, 3.05) is 30.9 Å². The summed E-state index contributed by atoms with van der Waals surface area (Å²) in [4.78, 5) is 13.3. The number of sulfone groups is 1. The van der Waals surface area contributed by atoms with Crippen molar-refractivity contribution in [1.29, 1.82) is 0 Å². The van der Waals surface area contributed by atoms with Crippen molar-refractivity contribution in [3.05, 3.63) is 0 Å². The molecule has 2 rings (SSSR count). The molecule has 9 heteroatoms. The van der Waals surface area contributed by atoms with Crippen molar-refractivity contribution in [3.8, 4) is 0 Å². The van der Waals surface area contributed by atoms with Gasteiger partial charge in [-0.05, 0) is 18.0 Å². The van der Waals surface area contributed by atoms with Crippen LogP contribution < -0.4 is 11.1 Å². The van der Waals surface area contributed by atoms with Crippen molar-refractivity contribution in [1.82, 2.24) is 9.27 Å². The topological polar surface area (TPSA) is 105 Å². The minimum atomic E-state index is -3.46. The second kappa shape index (κ2) is 4.39. The molecule has 1 aromatic rings. The Labute approximate surface area is 109 Å². The lowest BCUT2D eigenvalue weighted by atomic mass is 10.2. The lowest BCUT2D eigenvalue weighted by Crippen LogP contribution is -2.31. The maximum Gasteiger partial charge on any atom is 0.244 e. The van der Waals surface area contributed by atoms with E-state index in [-0.39, 0.29) is 16.6 Å². The normalized spacial score (nSPS) is 20.4. The molecular formula is C9H14N4O3S2. The van der Waals surface area contributed by atoms with Gasteiger partial charge >= 0.3 is 0 Å². The Bertz CT molecular complexity index is 581. The van der Waals surface area contributed by atoms with Gasteiger partial charge in [0.05, 0.1) is 0 Å². The van der Waals surface area contributed by atoms with Crippen LogP contribution in [0.3, 0.4) is 0 Å². The molecule has 0 aliphatic carbocycles. The van der Waals surface area contributed by atoms with Crippen molar-refractivity contribution in [2.24, 2.45) is 0 Å². The number of hydrogen-bond donors (Lipinski definition) is 2. The number of hydrogen-bond acceptors (Lipinski definition) is 7. The van der Waals surface area contributed by atoms with E-state index in [0.29, 0.717) is 18.0 Å². The number of carbonyl (C=O) groups is 1. The Kier molecular flexibility index (Phi) is 3.20. The molecule has 1 unspecified atom stereocenters. The van der Waals surface area contributed by atoms with Gasteiger partial charge in [-0.15, -0.1) is 0 Å². The van der Waals surface area contributed by atoms with Crippen LogP contribution in [0.15, 0.2) is 4.90 Å². The minimum absolute atomic E-state index is 0.0187. The lowest BCUT2D eigenvalue weighted by molar-refractivity contribution is -0.127. The molecule has 1 fully saturated rings. The fourth-order valence-electron chi connectivity index (χ4n) is 1.86. The summed E-state index contributed by atoms with van der Waals surface area (Å²) in [5.74, 6) is -0.0785. The van der Waals surface area contributed by atoms with Crippen LogP contribution in [-0.4, -0.2) is 49.5 Å². The Morgan fingerprint density at radius 3 is 2.72 bits per heavy atom. The third kappa shape index (κ3) is 2.27. The maximum absolute atomic E-state index is 11.7. The highest BCUT2D eigenvalue weighted by atomic mass is 32.2. The maximum atomic E-state index is 11.7. The molecule has 18 heavy (non-hydrogen) atoms. The molecule has 1 aliphatic rings. The third-order valence-corrected chi connectivity index (χ3v) is 4.85. The van der Waals surface area contributed by atoms with Gasteiger partial charge in [-0.25, -0.2) is 8.42 Å². The number of likely N-dealkylation sites (N-methyl/N-ethyl adjacent to an activating group) is 1. The zero-order valence-corrected chi connectivity index (χ0v) is 11.6. The minimum Gasteiger partial charge on any atom is -0.382 e. The molecule has 3 N–H and O–H groups in total. The number of carbonyl (C=O) groups excluding carboxylic acids is 1. The number of likely N-dealkylation sites (tertiary alicyclic amines) is 1. The standard InChI is InChI=1S/C9H14N4O3S2/c1-13-4-3-5(9(13)14)11-8-6(18(2,15)16)7(10)12-17-8/h5,11H,3-4H2,1-2H3,(H2,10,12). The molecule has 7 nitrogen and oxygen atoms in total. The highest BCUT2D eigenvalue weighted by Crippen LogP contribution is 2.32. The first kappa shape index (κ1) is 13.1. The zero-order valence-electron chi connectivity index (χ0n) is 10.0. The molecule has 1 aromatic heterocycles. The molecule has 100 valence electrons. The van der Waals surface area contributed by atoms with E-state index < -0.39 is 15.9 Å². The molecular weight excluding hydrogens is 276 g/mol. The molecule has 1 amide bonds. The van der Waals surface area contributed by atoms with Crippen molar-refractivity contribution in [3.63, 3.8) is 0 Å². The van der Waals surface area contributed by atoms with Crippen molar-refractivity contribution >= 4 is 38.1 Å². The average Bonchev–Trinajstić information content (AvgIpc) is 2.76. The molecule has 0 spiro atoms. The van der Waals surface area contributed by atoms with Crippen LogP contribution in [0, 0.1) is 0 Å². The fourth-order valence-corrected chi connectivity index (χ4v) is 3.97. The van der Waals surface area contributed by atoms with Crippen molar-refractivity contribution in [2.45, 2.75) is 17.4 Å². The smallest absolute Gasteiger partial charge is 0.244 e. The molecule has 0 aromatic carbocycles. The Hall–Kier alpha value is -1.35. The van der Waals surface area contributed by atoms with Crippen LogP contribution in [0.1, 0.15) is 6.42 Å². The number of nitrogens with two attached hydrogens (primary N) is 1. The van der Waals surface area contributed by atoms with E-state index in [4.69, 9.17) is 5.73 Å². The van der Waals surface area contributed by atoms with Gasteiger partial charge in [0.25, 0.3) is 0 Å². The van der Waals surface area contributed by atoms with Gasteiger partial charge in [0.15, 0.2) is 15.7 Å². The number of aromatic nitrogens is 1. The largest absolute Gasteiger partial charge is 0.382 e. The van der Waals surface area contributed by atoms with E-state index in [9.17, 15) is 13.2 Å². The molecule has 0 radical (unpaired) electrons. The predicted octanol–water partition coefficient (Wildman–Crippen LogP) is -0.229. The molecule has 2 heterocycles. The van der Waals surface area contributed by atoms with Crippen LogP contribution in [0.2, 0.25) is 0 Å². The van der Waals surface area contributed by atoms with Gasteiger partial charge in [-0.3, -0.25) is 4.79 Å². The number of amides is 1. The van der Waals surface area contributed by atoms with E-state index in [1.54, 1.807) is 11.9 Å². The summed E-state index contributed by atoms with van der Waals surface area (Å²) in [5, 5.41) is 3.26. The summed E-state index contributed by atoms with van der Waals surface area (Å²) in [6, 6.07) is -0.407. The van der Waals surface area contributed by atoms with Gasteiger partial charge in [0, 0.05) is 19.8 Å².